The molecule has 0 amide bonds. The number of hydrogen-bond donors (Lipinski definition) is 0. The van der Waals surface area contributed by atoms with E-state index in [1.807, 2.05) is 11.8 Å². The van der Waals surface area contributed by atoms with Crippen LogP contribution in [0.25, 0.3) is 0 Å². The second-order valence-corrected chi connectivity index (χ2v) is 10.9. The van der Waals surface area contributed by atoms with Gasteiger partial charge in [0.1, 0.15) is 0 Å². The second kappa shape index (κ2) is 7.66. The fourth-order valence-corrected chi connectivity index (χ4v) is 7.47. The van der Waals surface area contributed by atoms with E-state index in [9.17, 15) is 0 Å². The topological polar surface area (TPSA) is 9.23 Å². The molecule has 2 aromatic carbocycles. The summed E-state index contributed by atoms with van der Waals surface area (Å²) in [6, 6.07) is 19.7. The van der Waals surface area contributed by atoms with Gasteiger partial charge >= 0.3 is 157 Å². The molecule has 2 aromatic rings. The molecular formula is C21H26OSSe. The summed E-state index contributed by atoms with van der Waals surface area (Å²) < 4.78 is 8.00. The van der Waals surface area contributed by atoms with E-state index < -0.39 is 0 Å². The first-order valence-corrected chi connectivity index (χ1v) is 11.6. The molecule has 0 N–H and O–H groups in total. The molecule has 1 heterocycles. The Labute approximate surface area is 156 Å². The van der Waals surface area contributed by atoms with E-state index in [-0.39, 0.29) is 11.7 Å². The van der Waals surface area contributed by atoms with Crippen molar-refractivity contribution < 1.29 is 4.74 Å². The van der Waals surface area contributed by atoms with Crippen molar-refractivity contribution in [2.24, 2.45) is 0 Å². The Hall–Kier alpha value is -0.731. The van der Waals surface area contributed by atoms with Crippen molar-refractivity contribution in [3.05, 3.63) is 65.7 Å². The Morgan fingerprint density at radius 3 is 2.46 bits per heavy atom. The molecule has 1 saturated heterocycles. The van der Waals surface area contributed by atoms with Gasteiger partial charge in [0.2, 0.25) is 0 Å². The van der Waals surface area contributed by atoms with Crippen molar-refractivity contribution in [1.82, 2.24) is 0 Å². The summed E-state index contributed by atoms with van der Waals surface area (Å²) in [6.07, 6.45) is 3.55. The molecule has 128 valence electrons. The van der Waals surface area contributed by atoms with Crippen molar-refractivity contribution in [3.63, 3.8) is 0 Å². The van der Waals surface area contributed by atoms with E-state index in [4.69, 9.17) is 4.74 Å². The number of benzene rings is 2. The molecule has 3 atom stereocenters. The molecule has 0 spiro atoms. The van der Waals surface area contributed by atoms with Crippen LogP contribution in [-0.4, -0.2) is 26.8 Å². The number of rotatable bonds is 5. The summed E-state index contributed by atoms with van der Waals surface area (Å²) >= 11 is 2.34. The first-order valence-electron chi connectivity index (χ1n) is 8.51. The molecule has 1 nitrogen and oxygen atoms in total. The summed E-state index contributed by atoms with van der Waals surface area (Å²) in [5, 5.41) is 0.550. The van der Waals surface area contributed by atoms with Crippen LogP contribution in [0, 0.1) is 0 Å². The Kier molecular flexibility index (Phi) is 5.77. The summed E-state index contributed by atoms with van der Waals surface area (Å²) in [7, 11) is 0. The summed E-state index contributed by atoms with van der Waals surface area (Å²) in [4.78, 5) is 0.588. The molecule has 3 heteroatoms. The monoisotopic (exact) mass is 406 g/mol. The quantitative estimate of drug-likeness (QED) is 0.635. The van der Waals surface area contributed by atoms with Crippen molar-refractivity contribution in [2.45, 2.75) is 49.0 Å². The summed E-state index contributed by atoms with van der Waals surface area (Å²) in [5.74, 6) is 0. The third-order valence-electron chi connectivity index (χ3n) is 4.59. The van der Waals surface area contributed by atoms with Crippen LogP contribution in [0.15, 0.2) is 54.6 Å². The SMILES string of the molecule is CS[C@@H](C)c1ccccc1[Se]C1CC(C)(C)OC1c1ccccc1. The Morgan fingerprint density at radius 2 is 1.75 bits per heavy atom. The van der Waals surface area contributed by atoms with Crippen LogP contribution in [0.5, 0.6) is 0 Å². The molecule has 0 saturated carbocycles. The van der Waals surface area contributed by atoms with Crippen LogP contribution in [-0.2, 0) is 4.74 Å². The van der Waals surface area contributed by atoms with Gasteiger partial charge in [0, 0.05) is 0 Å². The van der Waals surface area contributed by atoms with Crippen molar-refractivity contribution in [3.8, 4) is 0 Å². The van der Waals surface area contributed by atoms with Crippen molar-refractivity contribution in [1.29, 1.82) is 0 Å². The maximum absolute atomic E-state index is 6.46. The molecule has 0 bridgehead atoms. The Balaban J connectivity index is 1.88. The molecule has 24 heavy (non-hydrogen) atoms. The predicted octanol–water partition coefficient (Wildman–Crippen LogP) is 5.17. The fraction of sp³-hybridized carbons (Fsp3) is 0.429. The number of hydrogen-bond acceptors (Lipinski definition) is 2. The molecule has 2 unspecified atom stereocenters. The zero-order valence-electron chi connectivity index (χ0n) is 14.9. The van der Waals surface area contributed by atoms with Crippen LogP contribution >= 0.6 is 11.8 Å². The number of ether oxygens (including phenoxy) is 1. The van der Waals surface area contributed by atoms with E-state index >= 15 is 0 Å². The van der Waals surface area contributed by atoms with Gasteiger partial charge in [-0.15, -0.1) is 0 Å². The van der Waals surface area contributed by atoms with Crippen LogP contribution in [0.1, 0.15) is 49.7 Å². The predicted molar refractivity (Wildman–Crippen MR) is 106 cm³/mol. The van der Waals surface area contributed by atoms with Gasteiger partial charge in [0.05, 0.1) is 0 Å². The Morgan fingerprint density at radius 1 is 1.08 bits per heavy atom. The van der Waals surface area contributed by atoms with E-state index in [0.717, 1.165) is 6.42 Å². The van der Waals surface area contributed by atoms with E-state index in [0.29, 0.717) is 25.0 Å². The first-order chi connectivity index (χ1) is 11.5. The maximum atomic E-state index is 6.46. The minimum atomic E-state index is -0.0347. The normalized spacial score (nSPS) is 24.0. The van der Waals surface area contributed by atoms with Crippen LogP contribution in [0.2, 0.25) is 4.82 Å². The van der Waals surface area contributed by atoms with Crippen molar-refractivity contribution >= 4 is 31.2 Å². The standard InChI is InChI=1S/C21H26OSSe/c1-15(23-4)17-12-8-9-13-18(17)24-19-14-21(2,3)22-20(19)16-10-6-5-7-11-16/h5-13,15,19-20H,14H2,1-4H3/t15-,19?,20?/m0/s1. The van der Waals surface area contributed by atoms with Crippen LogP contribution in [0.3, 0.4) is 0 Å². The van der Waals surface area contributed by atoms with Crippen LogP contribution < -0.4 is 4.46 Å². The molecule has 3 rings (SSSR count). The Bertz CT molecular complexity index is 671. The zero-order chi connectivity index (χ0) is 17.2. The van der Waals surface area contributed by atoms with Crippen molar-refractivity contribution in [2.75, 3.05) is 6.26 Å². The van der Waals surface area contributed by atoms with Gasteiger partial charge in [-0.05, 0) is 0 Å². The summed E-state index contributed by atoms with van der Waals surface area (Å²) in [5.41, 5.74) is 2.79. The fourth-order valence-electron chi connectivity index (χ4n) is 3.30. The summed E-state index contributed by atoms with van der Waals surface area (Å²) in [6.45, 7) is 6.77. The number of thioether (sulfide) groups is 1. The average Bonchev–Trinajstić information content (AvgIpc) is 2.90. The van der Waals surface area contributed by atoms with Gasteiger partial charge in [-0.25, -0.2) is 0 Å². The van der Waals surface area contributed by atoms with Gasteiger partial charge < -0.3 is 0 Å². The third-order valence-corrected chi connectivity index (χ3v) is 8.37. The molecule has 1 aliphatic heterocycles. The van der Waals surface area contributed by atoms with Gasteiger partial charge in [-0.2, -0.15) is 0 Å². The molecule has 1 aliphatic rings. The van der Waals surface area contributed by atoms with Gasteiger partial charge in [-0.1, -0.05) is 0 Å². The molecule has 0 radical (unpaired) electrons. The first kappa shape index (κ1) is 18.1. The average molecular weight is 405 g/mol. The van der Waals surface area contributed by atoms with Gasteiger partial charge in [0.15, 0.2) is 0 Å². The second-order valence-electron chi connectivity index (χ2n) is 6.99. The van der Waals surface area contributed by atoms with E-state index in [1.54, 1.807) is 4.46 Å². The zero-order valence-corrected chi connectivity index (χ0v) is 17.4. The molecule has 0 aliphatic carbocycles. The van der Waals surface area contributed by atoms with Crippen LogP contribution in [0.4, 0.5) is 0 Å². The third kappa shape index (κ3) is 4.08. The van der Waals surface area contributed by atoms with E-state index in [1.165, 1.54) is 11.1 Å². The van der Waals surface area contributed by atoms with E-state index in [2.05, 4.69) is 81.6 Å². The molecule has 1 fully saturated rings. The van der Waals surface area contributed by atoms with Gasteiger partial charge in [-0.3, -0.25) is 0 Å². The van der Waals surface area contributed by atoms with Gasteiger partial charge in [0.25, 0.3) is 0 Å². The molecular weight excluding hydrogens is 379 g/mol. The minimum absolute atomic E-state index is 0.0347. The molecule has 0 aromatic heterocycles.